The molecule has 2 aromatic carbocycles. The van der Waals surface area contributed by atoms with Gasteiger partial charge in [-0.3, -0.25) is 4.79 Å². The van der Waals surface area contributed by atoms with Gasteiger partial charge in [0, 0.05) is 19.5 Å². The van der Waals surface area contributed by atoms with Gasteiger partial charge in [-0.25, -0.2) is 8.42 Å². The highest BCUT2D eigenvalue weighted by Gasteiger charge is 2.27. The van der Waals surface area contributed by atoms with Gasteiger partial charge in [0.25, 0.3) is 0 Å². The monoisotopic (exact) mass is 490 g/mol. The molecule has 0 spiro atoms. The Balaban J connectivity index is 1.57. The first-order chi connectivity index (χ1) is 16.2. The van der Waals surface area contributed by atoms with Crippen molar-refractivity contribution in [3.63, 3.8) is 0 Å². The summed E-state index contributed by atoms with van der Waals surface area (Å²) in [6.45, 7) is 7.73. The summed E-state index contributed by atoms with van der Waals surface area (Å²) in [5.41, 5.74) is 3.03. The second kappa shape index (κ2) is 11.7. The average molecular weight is 491 g/mol. The number of carbonyl (C=O) groups excluding carboxylic acids is 1. The lowest BCUT2D eigenvalue weighted by atomic mass is 10.1. The second-order valence-corrected chi connectivity index (χ2v) is 10.5. The van der Waals surface area contributed by atoms with E-state index in [0.717, 1.165) is 11.3 Å². The second-order valence-electron chi connectivity index (χ2n) is 8.52. The largest absolute Gasteiger partial charge is 0.496 e. The van der Waals surface area contributed by atoms with Crippen molar-refractivity contribution >= 4 is 15.9 Å². The molecule has 0 bridgehead atoms. The molecule has 1 aliphatic heterocycles. The van der Waals surface area contributed by atoms with Crippen molar-refractivity contribution in [2.45, 2.75) is 44.6 Å². The third-order valence-electron chi connectivity index (χ3n) is 5.87. The Kier molecular flexibility index (Phi) is 8.93. The fourth-order valence-corrected chi connectivity index (χ4v) is 5.17. The highest BCUT2D eigenvalue weighted by atomic mass is 32.2. The highest BCUT2D eigenvalue weighted by molar-refractivity contribution is 7.89. The van der Waals surface area contributed by atoms with Gasteiger partial charge in [0.2, 0.25) is 15.9 Å². The van der Waals surface area contributed by atoms with Gasteiger partial charge in [-0.15, -0.1) is 0 Å². The van der Waals surface area contributed by atoms with Crippen LogP contribution in [0.1, 0.15) is 30.0 Å². The summed E-state index contributed by atoms with van der Waals surface area (Å²) in [7, 11) is -2.10. The molecule has 186 valence electrons. The van der Waals surface area contributed by atoms with E-state index in [1.165, 1.54) is 17.0 Å². The van der Waals surface area contributed by atoms with E-state index in [1.54, 1.807) is 18.2 Å². The lowest BCUT2D eigenvalue weighted by Crippen LogP contribution is -2.40. The topological polar surface area (TPSA) is 94.2 Å². The van der Waals surface area contributed by atoms with Crippen molar-refractivity contribution in [3.05, 3.63) is 53.1 Å². The fourth-order valence-electron chi connectivity index (χ4n) is 3.71. The van der Waals surface area contributed by atoms with Crippen LogP contribution in [0, 0.1) is 13.8 Å². The molecule has 0 unspecified atom stereocenters. The summed E-state index contributed by atoms with van der Waals surface area (Å²) in [5.74, 6) is 1.19. The van der Waals surface area contributed by atoms with Gasteiger partial charge >= 0.3 is 0 Å². The zero-order valence-corrected chi connectivity index (χ0v) is 21.1. The molecule has 1 atom stereocenters. The first-order valence-electron chi connectivity index (χ1n) is 11.4. The van der Waals surface area contributed by atoms with Gasteiger partial charge in [-0.05, 0) is 74.2 Å². The molecule has 0 aromatic heterocycles. The summed E-state index contributed by atoms with van der Waals surface area (Å²) < 4.78 is 43.9. The average Bonchev–Trinajstić information content (AvgIpc) is 2.83. The Morgan fingerprint density at radius 3 is 2.53 bits per heavy atom. The van der Waals surface area contributed by atoms with Crippen LogP contribution in [0.4, 0.5) is 0 Å². The van der Waals surface area contributed by atoms with Crippen molar-refractivity contribution < 1.29 is 27.4 Å². The van der Waals surface area contributed by atoms with Gasteiger partial charge < -0.3 is 19.5 Å². The molecular formula is C25H34N2O6S. The maximum atomic E-state index is 13.0. The third kappa shape index (κ3) is 6.71. The Hall–Kier alpha value is -2.62. The number of aryl methyl sites for hydroxylation is 3. The Bertz CT molecular complexity index is 1100. The number of hydrogen-bond acceptors (Lipinski definition) is 6. The Morgan fingerprint density at radius 1 is 1.12 bits per heavy atom. The number of benzene rings is 2. The Morgan fingerprint density at radius 2 is 1.85 bits per heavy atom. The first-order valence-corrected chi connectivity index (χ1v) is 12.9. The van der Waals surface area contributed by atoms with Gasteiger partial charge in [0.05, 0.1) is 31.3 Å². The van der Waals surface area contributed by atoms with Crippen LogP contribution in [0.5, 0.6) is 11.5 Å². The minimum absolute atomic E-state index is 0.139. The van der Waals surface area contributed by atoms with E-state index in [0.29, 0.717) is 50.6 Å². The van der Waals surface area contributed by atoms with E-state index in [4.69, 9.17) is 14.2 Å². The third-order valence-corrected chi connectivity index (χ3v) is 7.76. The standard InChI is InChI=1S/C25H34N2O6S/c1-18-5-7-22(15-19(18)2)33-17-20(3)26-25(28)10-6-21-16-23(8-9-24(21)31-4)34(29,30)27-11-13-32-14-12-27/h5,7-9,15-16,20H,6,10-14,17H2,1-4H3,(H,26,28)/t20-/m1/s1. The van der Waals surface area contributed by atoms with E-state index in [1.807, 2.05) is 39.0 Å². The van der Waals surface area contributed by atoms with Crippen LogP contribution < -0.4 is 14.8 Å². The quantitative estimate of drug-likeness (QED) is 0.551. The van der Waals surface area contributed by atoms with E-state index in [9.17, 15) is 13.2 Å². The lowest BCUT2D eigenvalue weighted by Gasteiger charge is -2.26. The van der Waals surface area contributed by atoms with Crippen LogP contribution in [-0.2, 0) is 26.0 Å². The van der Waals surface area contributed by atoms with Crippen molar-refractivity contribution in [2.24, 2.45) is 0 Å². The Labute approximate surface area is 202 Å². The number of sulfonamides is 1. The molecule has 1 aliphatic rings. The van der Waals surface area contributed by atoms with Crippen LogP contribution >= 0.6 is 0 Å². The maximum Gasteiger partial charge on any atom is 0.243 e. The van der Waals surface area contributed by atoms with Gasteiger partial charge in [0.1, 0.15) is 18.1 Å². The van der Waals surface area contributed by atoms with Crippen LogP contribution in [-0.4, -0.2) is 64.7 Å². The minimum Gasteiger partial charge on any atom is -0.496 e. The molecular weight excluding hydrogens is 456 g/mol. The molecule has 1 heterocycles. The highest BCUT2D eigenvalue weighted by Crippen LogP contribution is 2.26. The van der Waals surface area contributed by atoms with Crippen molar-refractivity contribution in [1.29, 1.82) is 0 Å². The summed E-state index contributed by atoms with van der Waals surface area (Å²) in [6.07, 6.45) is 0.553. The van der Waals surface area contributed by atoms with Gasteiger partial charge in [0.15, 0.2) is 0 Å². The summed E-state index contributed by atoms with van der Waals surface area (Å²) in [4.78, 5) is 12.7. The van der Waals surface area contributed by atoms with E-state index < -0.39 is 10.0 Å². The number of nitrogens with zero attached hydrogens (tertiary/aromatic N) is 1. The first kappa shape index (κ1) is 26.0. The molecule has 0 aliphatic carbocycles. The van der Waals surface area contributed by atoms with Crippen molar-refractivity contribution in [2.75, 3.05) is 40.0 Å². The predicted octanol–water partition coefficient (Wildman–Crippen LogP) is 2.85. The summed E-state index contributed by atoms with van der Waals surface area (Å²) >= 11 is 0. The zero-order valence-electron chi connectivity index (χ0n) is 20.3. The molecule has 1 amide bonds. The lowest BCUT2D eigenvalue weighted by molar-refractivity contribution is -0.121. The fraction of sp³-hybridized carbons (Fsp3) is 0.480. The van der Waals surface area contributed by atoms with Crippen LogP contribution in [0.3, 0.4) is 0 Å². The van der Waals surface area contributed by atoms with E-state index >= 15 is 0 Å². The van der Waals surface area contributed by atoms with Crippen molar-refractivity contribution in [3.8, 4) is 11.5 Å². The number of carbonyl (C=O) groups is 1. The smallest absolute Gasteiger partial charge is 0.243 e. The predicted molar refractivity (Wildman–Crippen MR) is 130 cm³/mol. The number of morpholine rings is 1. The molecule has 34 heavy (non-hydrogen) atoms. The maximum absolute atomic E-state index is 13.0. The number of amides is 1. The van der Waals surface area contributed by atoms with Crippen LogP contribution in [0.25, 0.3) is 0 Å². The minimum atomic E-state index is -3.63. The summed E-state index contributed by atoms with van der Waals surface area (Å²) in [5, 5.41) is 2.94. The number of methoxy groups -OCH3 is 1. The van der Waals surface area contributed by atoms with Crippen LogP contribution in [0.15, 0.2) is 41.3 Å². The van der Waals surface area contributed by atoms with Crippen LogP contribution in [0.2, 0.25) is 0 Å². The number of nitrogens with one attached hydrogen (secondary N) is 1. The molecule has 0 radical (unpaired) electrons. The molecule has 1 N–H and O–H groups in total. The normalized spacial score (nSPS) is 15.5. The molecule has 1 saturated heterocycles. The van der Waals surface area contributed by atoms with Gasteiger partial charge in [-0.2, -0.15) is 4.31 Å². The summed E-state index contributed by atoms with van der Waals surface area (Å²) in [6, 6.07) is 10.5. The molecule has 9 heteroatoms. The van der Waals surface area contributed by atoms with E-state index in [-0.39, 0.29) is 23.3 Å². The molecule has 3 rings (SSSR count). The zero-order chi connectivity index (χ0) is 24.7. The number of rotatable bonds is 10. The molecule has 1 fully saturated rings. The molecule has 2 aromatic rings. The molecule has 0 saturated carbocycles. The van der Waals surface area contributed by atoms with Crippen molar-refractivity contribution in [1.82, 2.24) is 9.62 Å². The number of hydrogen-bond donors (Lipinski definition) is 1. The number of ether oxygens (including phenoxy) is 3. The van der Waals surface area contributed by atoms with E-state index in [2.05, 4.69) is 5.32 Å². The SMILES string of the molecule is COc1ccc(S(=O)(=O)N2CCOCC2)cc1CCC(=O)N[C@H](C)COc1ccc(C)c(C)c1. The molecule has 8 nitrogen and oxygen atoms in total. The van der Waals surface area contributed by atoms with Gasteiger partial charge in [-0.1, -0.05) is 6.07 Å².